The van der Waals surface area contributed by atoms with Gasteiger partial charge in [-0.1, -0.05) is 40.5 Å². The largest absolute Gasteiger partial charge is 0.446 e. The van der Waals surface area contributed by atoms with E-state index in [0.29, 0.717) is 29.1 Å². The average Bonchev–Trinajstić information content (AvgIpc) is 2.69. The van der Waals surface area contributed by atoms with Crippen LogP contribution >= 0.6 is 0 Å². The maximum Gasteiger partial charge on any atom is 0.404 e. The van der Waals surface area contributed by atoms with Crippen LogP contribution in [0.15, 0.2) is 0 Å². The lowest BCUT2D eigenvalue weighted by atomic mass is 9.54. The Morgan fingerprint density at radius 2 is 1.03 bits per heavy atom. The summed E-state index contributed by atoms with van der Waals surface area (Å²) >= 11 is 0. The summed E-state index contributed by atoms with van der Waals surface area (Å²) in [5.41, 5.74) is 10.8. The van der Waals surface area contributed by atoms with Crippen molar-refractivity contribution in [2.75, 3.05) is 0 Å². The lowest BCUT2D eigenvalue weighted by Gasteiger charge is -2.51. The zero-order chi connectivity index (χ0) is 23.0. The van der Waals surface area contributed by atoms with Gasteiger partial charge in [0.05, 0.1) is 0 Å². The summed E-state index contributed by atoms with van der Waals surface area (Å²) in [4.78, 5) is 22.4. The number of nitrogens with two attached hydrogens (primary N) is 2. The van der Waals surface area contributed by atoms with Gasteiger partial charge in [-0.15, -0.1) is 0 Å². The Hall–Kier alpha value is -1.46. The molecule has 0 bridgehead atoms. The Balaban J connectivity index is 2.19. The van der Waals surface area contributed by atoms with Gasteiger partial charge in [0.2, 0.25) is 0 Å². The molecule has 0 aromatic carbocycles. The number of carbonyl (C=O) groups excluding carboxylic acids is 2. The Bertz CT molecular complexity index is 512. The second kappa shape index (κ2) is 12.0. The minimum Gasteiger partial charge on any atom is -0.446 e. The molecule has 0 atom stereocenters. The Morgan fingerprint density at radius 3 is 1.29 bits per heavy atom. The smallest absolute Gasteiger partial charge is 0.404 e. The van der Waals surface area contributed by atoms with Gasteiger partial charge in [-0.05, 0) is 93.3 Å². The Labute approximate surface area is 189 Å². The van der Waals surface area contributed by atoms with Gasteiger partial charge in [0.15, 0.2) is 0 Å². The fourth-order valence-electron chi connectivity index (χ4n) is 6.23. The van der Waals surface area contributed by atoms with Crippen LogP contribution in [-0.4, -0.2) is 24.4 Å². The predicted octanol–water partition coefficient (Wildman–Crippen LogP) is 6.15. The van der Waals surface area contributed by atoms with E-state index in [1.165, 1.54) is 25.7 Å². The van der Waals surface area contributed by atoms with E-state index >= 15 is 0 Å². The lowest BCUT2D eigenvalue weighted by Crippen LogP contribution is -2.44. The van der Waals surface area contributed by atoms with E-state index in [0.717, 1.165) is 51.4 Å². The van der Waals surface area contributed by atoms with Crippen LogP contribution in [0, 0.1) is 29.1 Å². The molecule has 0 heterocycles. The molecule has 2 saturated carbocycles. The maximum absolute atomic E-state index is 11.2. The average molecular weight is 439 g/mol. The molecule has 0 aromatic rings. The molecule has 31 heavy (non-hydrogen) atoms. The summed E-state index contributed by atoms with van der Waals surface area (Å²) < 4.78 is 10.6. The van der Waals surface area contributed by atoms with Crippen LogP contribution in [0.25, 0.3) is 0 Å². The normalized spacial score (nSPS) is 27.3. The predicted molar refractivity (Wildman–Crippen MR) is 123 cm³/mol. The highest BCUT2D eigenvalue weighted by Gasteiger charge is 2.47. The molecular formula is C25H46N2O4. The minimum atomic E-state index is -0.651. The molecule has 0 radical (unpaired) electrons. The third-order valence-electron chi connectivity index (χ3n) is 7.91. The first-order valence-electron chi connectivity index (χ1n) is 12.5. The van der Waals surface area contributed by atoms with Crippen LogP contribution in [0.5, 0.6) is 0 Å². The highest BCUT2D eigenvalue weighted by atomic mass is 16.6. The van der Waals surface area contributed by atoms with Crippen LogP contribution in [0.2, 0.25) is 0 Å². The number of rotatable bonds is 10. The van der Waals surface area contributed by atoms with Crippen LogP contribution < -0.4 is 11.5 Å². The zero-order valence-electron chi connectivity index (χ0n) is 20.2. The van der Waals surface area contributed by atoms with Gasteiger partial charge in [-0.3, -0.25) is 0 Å². The lowest BCUT2D eigenvalue weighted by molar-refractivity contribution is -0.0405. The number of carbonyl (C=O) groups is 2. The standard InChI is InChI=1S/C25H46N2O4/c1-17(2)13-15-25(16-14-18(3)4,19-5-9-21(10-6-19)30-23(26)28)20-7-11-22(12-8-20)31-24(27)29/h17-22H,5-16H2,1-4H3,(H2,26,28)(H2,27,29). The molecule has 0 unspecified atom stereocenters. The maximum atomic E-state index is 11.2. The van der Waals surface area contributed by atoms with Crippen molar-refractivity contribution in [1.29, 1.82) is 0 Å². The summed E-state index contributed by atoms with van der Waals surface area (Å²) in [6, 6.07) is 0. The molecule has 6 heteroatoms. The van der Waals surface area contributed by atoms with E-state index in [1.807, 2.05) is 0 Å². The van der Waals surface area contributed by atoms with Gasteiger partial charge in [-0.2, -0.15) is 0 Å². The first-order chi connectivity index (χ1) is 14.6. The zero-order valence-corrected chi connectivity index (χ0v) is 20.2. The van der Waals surface area contributed by atoms with Gasteiger partial charge in [0.1, 0.15) is 12.2 Å². The van der Waals surface area contributed by atoms with Crippen molar-refractivity contribution in [2.24, 2.45) is 40.6 Å². The summed E-state index contributed by atoms with van der Waals surface area (Å²) in [5, 5.41) is 0. The Kier molecular flexibility index (Phi) is 9.95. The number of hydrogen-bond donors (Lipinski definition) is 2. The number of hydrogen-bond acceptors (Lipinski definition) is 4. The van der Waals surface area contributed by atoms with Gasteiger partial charge in [-0.25, -0.2) is 9.59 Å². The molecule has 0 aliphatic heterocycles. The van der Waals surface area contributed by atoms with E-state index in [4.69, 9.17) is 20.9 Å². The molecule has 2 aliphatic rings. The van der Waals surface area contributed by atoms with Crippen molar-refractivity contribution in [1.82, 2.24) is 0 Å². The summed E-state index contributed by atoms with van der Waals surface area (Å²) in [5.74, 6) is 2.66. The van der Waals surface area contributed by atoms with Crippen LogP contribution in [-0.2, 0) is 9.47 Å². The van der Waals surface area contributed by atoms with Crippen molar-refractivity contribution in [3.63, 3.8) is 0 Å². The number of primary amides is 2. The first kappa shape index (κ1) is 25.8. The molecule has 2 aliphatic carbocycles. The van der Waals surface area contributed by atoms with Crippen molar-refractivity contribution in [3.8, 4) is 0 Å². The van der Waals surface area contributed by atoms with E-state index < -0.39 is 12.2 Å². The third-order valence-corrected chi connectivity index (χ3v) is 7.91. The molecule has 180 valence electrons. The molecule has 4 N–H and O–H groups in total. The molecule has 0 saturated heterocycles. The molecule has 2 rings (SSSR count). The van der Waals surface area contributed by atoms with Crippen molar-refractivity contribution in [3.05, 3.63) is 0 Å². The number of ether oxygens (including phenoxy) is 2. The van der Waals surface area contributed by atoms with E-state index in [-0.39, 0.29) is 12.2 Å². The van der Waals surface area contributed by atoms with Gasteiger partial charge in [0.25, 0.3) is 0 Å². The van der Waals surface area contributed by atoms with E-state index in [9.17, 15) is 9.59 Å². The molecule has 0 spiro atoms. The fraction of sp³-hybridized carbons (Fsp3) is 0.920. The molecule has 2 fully saturated rings. The van der Waals surface area contributed by atoms with Gasteiger partial charge in [0, 0.05) is 0 Å². The quantitative estimate of drug-likeness (QED) is 0.426. The molecule has 0 aromatic heterocycles. The third kappa shape index (κ3) is 7.87. The van der Waals surface area contributed by atoms with Gasteiger partial charge >= 0.3 is 12.2 Å². The second-order valence-electron chi connectivity index (χ2n) is 10.9. The van der Waals surface area contributed by atoms with Crippen LogP contribution in [0.4, 0.5) is 9.59 Å². The SMILES string of the molecule is CC(C)CCC(CCC(C)C)(C1CCC(OC(N)=O)CC1)C1CCC(OC(N)=O)CC1. The highest BCUT2D eigenvalue weighted by Crippen LogP contribution is 2.55. The Morgan fingerprint density at radius 1 is 0.710 bits per heavy atom. The molecular weight excluding hydrogens is 392 g/mol. The number of amides is 2. The van der Waals surface area contributed by atoms with E-state index in [1.54, 1.807) is 0 Å². The summed E-state index contributed by atoms with van der Waals surface area (Å²) in [6.07, 6.45) is 11.7. The summed E-state index contributed by atoms with van der Waals surface area (Å²) in [7, 11) is 0. The van der Waals surface area contributed by atoms with Crippen molar-refractivity contribution < 1.29 is 19.1 Å². The molecule has 2 amide bonds. The fourth-order valence-corrected chi connectivity index (χ4v) is 6.23. The second-order valence-corrected chi connectivity index (χ2v) is 10.9. The van der Waals surface area contributed by atoms with Crippen LogP contribution in [0.1, 0.15) is 105 Å². The van der Waals surface area contributed by atoms with Gasteiger partial charge < -0.3 is 20.9 Å². The highest BCUT2D eigenvalue weighted by molar-refractivity contribution is 5.65. The van der Waals surface area contributed by atoms with Crippen LogP contribution in [0.3, 0.4) is 0 Å². The topological polar surface area (TPSA) is 105 Å². The van der Waals surface area contributed by atoms with Crippen molar-refractivity contribution in [2.45, 2.75) is 117 Å². The molecule has 6 nitrogen and oxygen atoms in total. The van der Waals surface area contributed by atoms with Crippen molar-refractivity contribution >= 4 is 12.2 Å². The first-order valence-corrected chi connectivity index (χ1v) is 12.5. The van der Waals surface area contributed by atoms with E-state index in [2.05, 4.69) is 27.7 Å². The minimum absolute atomic E-state index is 0.0265. The monoisotopic (exact) mass is 438 g/mol. The summed E-state index contributed by atoms with van der Waals surface area (Å²) in [6.45, 7) is 9.29.